The normalized spacial score (nSPS) is 20.1. The number of anilines is 2. The van der Waals surface area contributed by atoms with Crippen LogP contribution in [0.15, 0.2) is 52.9 Å². The maximum absolute atomic E-state index is 13.0. The van der Waals surface area contributed by atoms with Gasteiger partial charge >= 0.3 is 0 Å². The van der Waals surface area contributed by atoms with Gasteiger partial charge in [-0.25, -0.2) is 9.88 Å². The zero-order chi connectivity index (χ0) is 19.8. The third-order valence-corrected chi connectivity index (χ3v) is 7.77. The van der Waals surface area contributed by atoms with Gasteiger partial charge in [-0.3, -0.25) is 9.59 Å². The first-order chi connectivity index (χ1) is 14.2. The molecule has 2 aliphatic rings. The Labute approximate surface area is 177 Å². The van der Waals surface area contributed by atoms with Gasteiger partial charge in [0.25, 0.3) is 0 Å². The van der Waals surface area contributed by atoms with Crippen molar-refractivity contribution in [3.63, 3.8) is 0 Å². The minimum absolute atomic E-state index is 0.140. The van der Waals surface area contributed by atoms with E-state index in [0.29, 0.717) is 5.69 Å². The lowest BCUT2D eigenvalue weighted by molar-refractivity contribution is -0.121. The summed E-state index contributed by atoms with van der Waals surface area (Å²) in [6, 6.07) is 15.8. The molecule has 29 heavy (non-hydrogen) atoms. The summed E-state index contributed by atoms with van der Waals surface area (Å²) in [5.74, 6) is -0.288. The molecule has 7 heteroatoms. The number of amides is 2. The quantitative estimate of drug-likeness (QED) is 0.569. The summed E-state index contributed by atoms with van der Waals surface area (Å²) in [6.45, 7) is 2.14. The van der Waals surface area contributed by atoms with Crippen LogP contribution >= 0.6 is 23.1 Å². The molecule has 0 bridgehead atoms. The predicted molar refractivity (Wildman–Crippen MR) is 119 cm³/mol. The SMILES string of the molecule is O=C1CC(Sc2nc3ccccc3s2)C(=O)N1c1ccc(N2CCCCC2)cc1. The van der Waals surface area contributed by atoms with E-state index >= 15 is 0 Å². The van der Waals surface area contributed by atoms with Crippen molar-refractivity contribution in [1.29, 1.82) is 0 Å². The zero-order valence-electron chi connectivity index (χ0n) is 15.9. The molecular weight excluding hydrogens is 402 g/mol. The second kappa shape index (κ2) is 7.80. The van der Waals surface area contributed by atoms with Gasteiger partial charge in [-0.15, -0.1) is 11.3 Å². The summed E-state index contributed by atoms with van der Waals surface area (Å²) >= 11 is 2.97. The summed E-state index contributed by atoms with van der Waals surface area (Å²) in [5, 5.41) is -0.412. The minimum Gasteiger partial charge on any atom is -0.372 e. The van der Waals surface area contributed by atoms with E-state index in [9.17, 15) is 9.59 Å². The van der Waals surface area contributed by atoms with Crippen LogP contribution in [0.2, 0.25) is 0 Å². The lowest BCUT2D eigenvalue weighted by Gasteiger charge is -2.29. The summed E-state index contributed by atoms with van der Waals surface area (Å²) < 4.78 is 1.93. The van der Waals surface area contributed by atoms with Crippen LogP contribution in [0, 0.1) is 0 Å². The highest BCUT2D eigenvalue weighted by Crippen LogP contribution is 2.37. The molecule has 2 fully saturated rings. The number of imide groups is 1. The molecule has 0 aliphatic carbocycles. The molecule has 2 aliphatic heterocycles. The fraction of sp³-hybridized carbons (Fsp3) is 0.318. The first-order valence-corrected chi connectivity index (χ1v) is 11.6. The molecule has 2 aromatic carbocycles. The molecule has 1 unspecified atom stereocenters. The Kier molecular flexibility index (Phi) is 5.01. The monoisotopic (exact) mass is 423 g/mol. The molecule has 0 radical (unpaired) electrons. The summed E-state index contributed by atoms with van der Waals surface area (Å²) in [7, 11) is 0. The second-order valence-corrected chi connectivity index (χ2v) is 9.87. The van der Waals surface area contributed by atoms with E-state index < -0.39 is 5.25 Å². The number of rotatable bonds is 4. The predicted octanol–water partition coefficient (Wildman–Crippen LogP) is 4.71. The Hall–Kier alpha value is -2.38. The molecule has 1 aromatic heterocycles. The van der Waals surface area contributed by atoms with Gasteiger partial charge in [0.05, 0.1) is 15.9 Å². The first kappa shape index (κ1) is 18.6. The van der Waals surface area contributed by atoms with E-state index in [4.69, 9.17) is 0 Å². The molecule has 3 heterocycles. The Balaban J connectivity index is 1.32. The van der Waals surface area contributed by atoms with Gasteiger partial charge in [-0.2, -0.15) is 0 Å². The average Bonchev–Trinajstić information content (AvgIpc) is 3.28. The number of nitrogens with zero attached hydrogens (tertiary/aromatic N) is 3. The number of benzene rings is 2. The number of carbonyl (C=O) groups is 2. The van der Waals surface area contributed by atoms with Crippen molar-refractivity contribution in [2.45, 2.75) is 35.3 Å². The number of carbonyl (C=O) groups excluding carboxylic acids is 2. The highest BCUT2D eigenvalue weighted by atomic mass is 32.2. The average molecular weight is 424 g/mol. The molecule has 5 rings (SSSR count). The van der Waals surface area contributed by atoms with Gasteiger partial charge in [0.1, 0.15) is 5.25 Å². The lowest BCUT2D eigenvalue weighted by Crippen LogP contribution is -2.31. The van der Waals surface area contributed by atoms with Crippen molar-refractivity contribution < 1.29 is 9.59 Å². The third kappa shape index (κ3) is 3.65. The van der Waals surface area contributed by atoms with Crippen molar-refractivity contribution in [2.24, 2.45) is 0 Å². The van der Waals surface area contributed by atoms with Crippen LogP contribution in [-0.2, 0) is 9.59 Å². The van der Waals surface area contributed by atoms with E-state index in [1.807, 2.05) is 48.5 Å². The van der Waals surface area contributed by atoms with E-state index in [2.05, 4.69) is 9.88 Å². The summed E-state index contributed by atoms with van der Waals surface area (Å²) in [6.07, 6.45) is 3.94. The highest BCUT2D eigenvalue weighted by molar-refractivity contribution is 8.02. The van der Waals surface area contributed by atoms with Crippen molar-refractivity contribution in [3.05, 3.63) is 48.5 Å². The van der Waals surface area contributed by atoms with Gasteiger partial charge in [0, 0.05) is 25.2 Å². The maximum atomic E-state index is 13.0. The molecule has 0 N–H and O–H groups in total. The van der Waals surface area contributed by atoms with Gasteiger partial charge in [-0.05, 0) is 55.7 Å². The van der Waals surface area contributed by atoms with E-state index in [1.165, 1.54) is 35.9 Å². The fourth-order valence-corrected chi connectivity index (χ4v) is 6.29. The third-order valence-electron chi connectivity index (χ3n) is 5.45. The molecular formula is C22H21N3O2S2. The Morgan fingerprint density at radius 3 is 2.41 bits per heavy atom. The number of piperidine rings is 1. The number of fused-ring (bicyclic) bond motifs is 1. The van der Waals surface area contributed by atoms with Gasteiger partial charge in [0.2, 0.25) is 11.8 Å². The Bertz CT molecular complexity index is 1020. The zero-order valence-corrected chi connectivity index (χ0v) is 17.5. The van der Waals surface area contributed by atoms with Crippen molar-refractivity contribution in [2.75, 3.05) is 22.9 Å². The number of thioether (sulfide) groups is 1. The van der Waals surface area contributed by atoms with E-state index in [0.717, 1.165) is 33.3 Å². The Morgan fingerprint density at radius 2 is 1.66 bits per heavy atom. The number of thiazole rings is 1. The lowest BCUT2D eigenvalue weighted by atomic mass is 10.1. The molecule has 1 atom stereocenters. The summed E-state index contributed by atoms with van der Waals surface area (Å²) in [4.78, 5) is 33.9. The van der Waals surface area contributed by atoms with Crippen LogP contribution in [0.1, 0.15) is 25.7 Å². The second-order valence-electron chi connectivity index (χ2n) is 7.39. The van der Waals surface area contributed by atoms with Crippen molar-refractivity contribution in [1.82, 2.24) is 4.98 Å². The summed E-state index contributed by atoms with van der Waals surface area (Å²) in [5.41, 5.74) is 2.75. The molecule has 2 saturated heterocycles. The molecule has 0 saturated carbocycles. The number of hydrogen-bond donors (Lipinski definition) is 0. The van der Waals surface area contributed by atoms with Gasteiger partial charge < -0.3 is 4.90 Å². The van der Waals surface area contributed by atoms with Crippen LogP contribution in [0.4, 0.5) is 11.4 Å². The fourth-order valence-electron chi connectivity index (χ4n) is 3.96. The number of aromatic nitrogens is 1. The standard InChI is InChI=1S/C22H21N3O2S2/c26-20-14-19(29-22-23-17-6-2-3-7-18(17)28-22)21(27)25(20)16-10-8-15(9-11-16)24-12-4-1-5-13-24/h2-3,6-11,19H,1,4-5,12-14H2. The van der Waals surface area contributed by atoms with Crippen LogP contribution in [0.3, 0.4) is 0 Å². The maximum Gasteiger partial charge on any atom is 0.247 e. The van der Waals surface area contributed by atoms with Crippen molar-refractivity contribution in [3.8, 4) is 0 Å². The smallest absolute Gasteiger partial charge is 0.247 e. The number of para-hydroxylation sites is 1. The molecule has 148 valence electrons. The van der Waals surface area contributed by atoms with Crippen LogP contribution in [-0.4, -0.2) is 35.1 Å². The Morgan fingerprint density at radius 1 is 0.931 bits per heavy atom. The molecule has 0 spiro atoms. The van der Waals surface area contributed by atoms with Crippen LogP contribution < -0.4 is 9.80 Å². The van der Waals surface area contributed by atoms with Crippen LogP contribution in [0.25, 0.3) is 10.2 Å². The van der Waals surface area contributed by atoms with E-state index in [-0.39, 0.29) is 18.2 Å². The van der Waals surface area contributed by atoms with Crippen LogP contribution in [0.5, 0.6) is 0 Å². The van der Waals surface area contributed by atoms with Gasteiger partial charge in [0.15, 0.2) is 4.34 Å². The minimum atomic E-state index is -0.412. The van der Waals surface area contributed by atoms with Crippen molar-refractivity contribution >= 4 is 56.5 Å². The highest BCUT2D eigenvalue weighted by Gasteiger charge is 2.40. The molecule has 3 aromatic rings. The molecule has 2 amide bonds. The largest absolute Gasteiger partial charge is 0.372 e. The first-order valence-electron chi connectivity index (χ1n) is 9.93. The topological polar surface area (TPSA) is 53.5 Å². The molecule has 5 nitrogen and oxygen atoms in total. The van der Waals surface area contributed by atoms with Gasteiger partial charge in [-0.1, -0.05) is 23.9 Å². The number of hydrogen-bond acceptors (Lipinski definition) is 6. The van der Waals surface area contributed by atoms with E-state index in [1.54, 1.807) is 11.3 Å².